The Bertz CT molecular complexity index is 1320. The first-order valence-corrected chi connectivity index (χ1v) is 14.6. The predicted molar refractivity (Wildman–Crippen MR) is 161 cm³/mol. The van der Waals surface area contributed by atoms with Gasteiger partial charge in [0.15, 0.2) is 5.82 Å². The molecule has 1 aliphatic carbocycles. The van der Waals surface area contributed by atoms with Crippen LogP contribution in [0.2, 0.25) is 0 Å². The Morgan fingerprint density at radius 3 is 2.61 bits per heavy atom. The molecule has 2 aliphatic heterocycles. The van der Waals surface area contributed by atoms with Crippen LogP contribution in [-0.2, 0) is 4.79 Å². The van der Waals surface area contributed by atoms with Crippen LogP contribution in [0.4, 0.5) is 23.1 Å². The number of ether oxygens (including phenoxy) is 1. The van der Waals surface area contributed by atoms with Crippen molar-refractivity contribution in [1.82, 2.24) is 20.2 Å². The van der Waals surface area contributed by atoms with Gasteiger partial charge in [-0.3, -0.25) is 9.59 Å². The van der Waals surface area contributed by atoms with Crippen LogP contribution in [0.25, 0.3) is 0 Å². The second-order valence-corrected chi connectivity index (χ2v) is 11.3. The van der Waals surface area contributed by atoms with E-state index >= 15 is 0 Å². The molecule has 5 rings (SSSR count). The fourth-order valence-corrected chi connectivity index (χ4v) is 6.06. The summed E-state index contributed by atoms with van der Waals surface area (Å²) in [6.07, 6.45) is 8.62. The SMILES string of the molecule is CC#CCC1CN(C2CCCC2)c2nc(Nc3ccc(C(=O)NC4CCN(C)CC4)cc3OC)ncc2N(C)C1=O. The summed E-state index contributed by atoms with van der Waals surface area (Å²) in [6.45, 7) is 4.35. The standard InChI is InChI=1S/C31H41N7O3/c1-5-6-9-22-20-38(24-10-7-8-11-24)28-26(37(3)30(22)40)19-32-31(35-28)34-25-13-12-21(18-27(25)41-4)29(39)33-23-14-16-36(2)17-15-23/h12-13,18-19,22-24H,7-11,14-17,20H2,1-4H3,(H,33,39)(H,32,34,35). The maximum absolute atomic E-state index is 13.4. The zero-order chi connectivity index (χ0) is 28.9. The number of amides is 2. The molecule has 0 bridgehead atoms. The van der Waals surface area contributed by atoms with Crippen molar-refractivity contribution in [2.75, 3.05) is 56.0 Å². The average molecular weight is 560 g/mol. The topological polar surface area (TPSA) is 103 Å². The summed E-state index contributed by atoms with van der Waals surface area (Å²) in [7, 11) is 5.48. The first-order valence-electron chi connectivity index (χ1n) is 14.6. The first-order chi connectivity index (χ1) is 19.9. The molecule has 3 aliphatic rings. The maximum atomic E-state index is 13.4. The van der Waals surface area contributed by atoms with Gasteiger partial charge in [-0.1, -0.05) is 12.8 Å². The second-order valence-electron chi connectivity index (χ2n) is 11.3. The summed E-state index contributed by atoms with van der Waals surface area (Å²) < 4.78 is 5.65. The number of likely N-dealkylation sites (tertiary alicyclic amines) is 1. The molecule has 10 heteroatoms. The smallest absolute Gasteiger partial charge is 0.251 e. The molecule has 3 heterocycles. The van der Waals surface area contributed by atoms with E-state index in [-0.39, 0.29) is 23.8 Å². The number of nitrogens with zero attached hydrogens (tertiary/aromatic N) is 5. The number of methoxy groups -OCH3 is 1. The van der Waals surface area contributed by atoms with Gasteiger partial charge in [-0.25, -0.2) is 4.98 Å². The van der Waals surface area contributed by atoms with E-state index in [2.05, 4.69) is 44.3 Å². The number of rotatable bonds is 7. The highest BCUT2D eigenvalue weighted by atomic mass is 16.5. The molecule has 1 atom stereocenters. The molecule has 10 nitrogen and oxygen atoms in total. The van der Waals surface area contributed by atoms with Crippen LogP contribution in [0.15, 0.2) is 24.4 Å². The Balaban J connectivity index is 1.39. The van der Waals surface area contributed by atoms with Gasteiger partial charge in [-0.2, -0.15) is 4.98 Å². The van der Waals surface area contributed by atoms with Gasteiger partial charge in [0.25, 0.3) is 5.91 Å². The van der Waals surface area contributed by atoms with Crippen molar-refractivity contribution in [3.05, 3.63) is 30.0 Å². The van der Waals surface area contributed by atoms with Crippen LogP contribution in [-0.4, -0.2) is 79.6 Å². The van der Waals surface area contributed by atoms with Crippen LogP contribution >= 0.6 is 0 Å². The number of piperidine rings is 1. The van der Waals surface area contributed by atoms with Gasteiger partial charge in [0.1, 0.15) is 11.4 Å². The van der Waals surface area contributed by atoms with E-state index in [1.54, 1.807) is 44.3 Å². The van der Waals surface area contributed by atoms with Gasteiger partial charge >= 0.3 is 0 Å². The molecule has 1 saturated carbocycles. The van der Waals surface area contributed by atoms with Gasteiger partial charge in [-0.05, 0) is 70.9 Å². The molecule has 1 aromatic carbocycles. The molecular formula is C31H41N7O3. The number of carbonyl (C=O) groups is 2. The van der Waals surface area contributed by atoms with Crippen LogP contribution in [0.5, 0.6) is 5.75 Å². The molecule has 2 N–H and O–H groups in total. The Morgan fingerprint density at radius 1 is 1.15 bits per heavy atom. The van der Waals surface area contributed by atoms with Crippen molar-refractivity contribution >= 4 is 35.0 Å². The van der Waals surface area contributed by atoms with E-state index in [1.165, 1.54) is 12.8 Å². The van der Waals surface area contributed by atoms with Crippen molar-refractivity contribution in [3.63, 3.8) is 0 Å². The largest absolute Gasteiger partial charge is 0.495 e. The third-order valence-corrected chi connectivity index (χ3v) is 8.54. The Hall–Kier alpha value is -3.84. The summed E-state index contributed by atoms with van der Waals surface area (Å²) in [5, 5.41) is 6.45. The van der Waals surface area contributed by atoms with Gasteiger partial charge in [0, 0.05) is 37.7 Å². The molecule has 41 heavy (non-hydrogen) atoms. The van der Waals surface area contributed by atoms with E-state index in [4.69, 9.17) is 9.72 Å². The van der Waals surface area contributed by atoms with Crippen LogP contribution in [0.1, 0.15) is 62.2 Å². The number of aromatic nitrogens is 2. The lowest BCUT2D eigenvalue weighted by Gasteiger charge is -2.31. The monoisotopic (exact) mass is 559 g/mol. The van der Waals surface area contributed by atoms with Crippen molar-refractivity contribution in [3.8, 4) is 17.6 Å². The zero-order valence-corrected chi connectivity index (χ0v) is 24.6. The van der Waals surface area contributed by atoms with Crippen molar-refractivity contribution in [2.24, 2.45) is 5.92 Å². The molecule has 0 spiro atoms. The van der Waals surface area contributed by atoms with Crippen LogP contribution in [0.3, 0.4) is 0 Å². The Kier molecular flexibility index (Phi) is 8.93. The second kappa shape index (κ2) is 12.8. The predicted octanol–water partition coefficient (Wildman–Crippen LogP) is 3.81. The summed E-state index contributed by atoms with van der Waals surface area (Å²) in [4.78, 5) is 42.1. The highest BCUT2D eigenvalue weighted by molar-refractivity contribution is 5.99. The highest BCUT2D eigenvalue weighted by Gasteiger charge is 2.36. The number of hydrogen-bond acceptors (Lipinski definition) is 8. The van der Waals surface area contributed by atoms with E-state index in [0.29, 0.717) is 47.6 Å². The number of nitrogens with one attached hydrogen (secondary N) is 2. The summed E-state index contributed by atoms with van der Waals surface area (Å²) >= 11 is 0. The molecule has 2 amide bonds. The van der Waals surface area contributed by atoms with Crippen molar-refractivity contribution < 1.29 is 14.3 Å². The lowest BCUT2D eigenvalue weighted by atomic mass is 10.0. The quantitative estimate of drug-likeness (QED) is 0.494. The summed E-state index contributed by atoms with van der Waals surface area (Å²) in [5.74, 6) is 7.44. The molecule has 1 saturated heterocycles. The minimum absolute atomic E-state index is 0.0367. The van der Waals surface area contributed by atoms with Gasteiger partial charge in [0.05, 0.1) is 24.9 Å². The fraction of sp³-hybridized carbons (Fsp3) is 0.548. The van der Waals surface area contributed by atoms with Crippen molar-refractivity contribution in [1.29, 1.82) is 0 Å². The summed E-state index contributed by atoms with van der Waals surface area (Å²) in [6, 6.07) is 5.85. The Morgan fingerprint density at radius 2 is 1.90 bits per heavy atom. The lowest BCUT2D eigenvalue weighted by Crippen LogP contribution is -2.43. The molecule has 2 fully saturated rings. The van der Waals surface area contributed by atoms with E-state index in [1.807, 2.05) is 6.07 Å². The molecule has 1 unspecified atom stereocenters. The first kappa shape index (κ1) is 28.7. The molecule has 1 aromatic heterocycles. The van der Waals surface area contributed by atoms with Crippen molar-refractivity contribution in [2.45, 2.75) is 64.0 Å². The highest BCUT2D eigenvalue weighted by Crippen LogP contribution is 2.38. The number of benzene rings is 1. The minimum atomic E-state index is -0.230. The lowest BCUT2D eigenvalue weighted by molar-refractivity contribution is -0.121. The number of fused-ring (bicyclic) bond motifs is 1. The number of anilines is 4. The number of carbonyl (C=O) groups excluding carboxylic acids is 2. The third kappa shape index (κ3) is 6.41. The normalized spacial score (nSPS) is 20.2. The number of hydrogen-bond donors (Lipinski definition) is 2. The maximum Gasteiger partial charge on any atom is 0.251 e. The molecule has 218 valence electrons. The van der Waals surface area contributed by atoms with Gasteiger partial charge in [-0.15, -0.1) is 11.8 Å². The molecular weight excluding hydrogens is 518 g/mol. The van der Waals surface area contributed by atoms with Gasteiger partial charge < -0.3 is 30.1 Å². The minimum Gasteiger partial charge on any atom is -0.495 e. The average Bonchev–Trinajstić information content (AvgIpc) is 3.50. The molecule has 2 aromatic rings. The summed E-state index contributed by atoms with van der Waals surface area (Å²) in [5.41, 5.74) is 1.90. The van der Waals surface area contributed by atoms with E-state index in [0.717, 1.165) is 44.6 Å². The van der Waals surface area contributed by atoms with Gasteiger partial charge in [0.2, 0.25) is 11.9 Å². The Labute approximate surface area is 242 Å². The van der Waals surface area contributed by atoms with E-state index in [9.17, 15) is 9.59 Å². The van der Waals surface area contributed by atoms with Crippen LogP contribution in [0, 0.1) is 17.8 Å². The fourth-order valence-electron chi connectivity index (χ4n) is 6.06. The third-order valence-electron chi connectivity index (χ3n) is 8.54. The van der Waals surface area contributed by atoms with Crippen LogP contribution < -0.4 is 25.2 Å². The molecule has 0 radical (unpaired) electrons. The van der Waals surface area contributed by atoms with E-state index < -0.39 is 0 Å². The zero-order valence-electron chi connectivity index (χ0n) is 24.6.